The van der Waals surface area contributed by atoms with E-state index >= 15 is 0 Å². The van der Waals surface area contributed by atoms with Gasteiger partial charge in [0.15, 0.2) is 5.78 Å². The summed E-state index contributed by atoms with van der Waals surface area (Å²) in [6.45, 7) is 6.38. The van der Waals surface area contributed by atoms with Gasteiger partial charge in [-0.15, -0.1) is 0 Å². The van der Waals surface area contributed by atoms with E-state index < -0.39 is 0 Å². The van der Waals surface area contributed by atoms with Crippen molar-refractivity contribution in [3.8, 4) is 0 Å². The van der Waals surface area contributed by atoms with Crippen LogP contribution in [0.1, 0.15) is 72.1 Å². The molecule has 4 saturated carbocycles. The molecule has 0 aromatic heterocycles. The molecule has 0 radical (unpaired) electrons. The van der Waals surface area contributed by atoms with Crippen LogP contribution >= 0.6 is 0 Å². The molecule has 4 aliphatic rings. The van der Waals surface area contributed by atoms with Gasteiger partial charge in [0.2, 0.25) is 0 Å². The van der Waals surface area contributed by atoms with Gasteiger partial charge in [-0.05, 0) is 66.6 Å². The predicted molar refractivity (Wildman–Crippen MR) is 96.9 cm³/mol. The molecule has 25 heavy (non-hydrogen) atoms. The van der Waals surface area contributed by atoms with Crippen molar-refractivity contribution in [2.24, 2.45) is 46.3 Å². The number of aliphatic hydroxyl groups excluding tert-OH is 1. The number of Topliss-reactive ketones (excluding diaryl/α,β-unsaturated/α-hetero) is 2. The molecule has 4 fully saturated rings. The van der Waals surface area contributed by atoms with Gasteiger partial charge in [0.25, 0.3) is 0 Å². The Morgan fingerprint density at radius 3 is 2.64 bits per heavy atom. The van der Waals surface area contributed by atoms with E-state index in [0.29, 0.717) is 24.0 Å². The average Bonchev–Trinajstić information content (AvgIpc) is 2.83. The zero-order chi connectivity index (χ0) is 18.0. The number of hydrogen-bond donors (Lipinski definition) is 1. The summed E-state index contributed by atoms with van der Waals surface area (Å²) in [5, 5.41) is 9.48. The fourth-order valence-electron chi connectivity index (χ4n) is 8.26. The van der Waals surface area contributed by atoms with Crippen LogP contribution in [0.3, 0.4) is 0 Å². The lowest BCUT2D eigenvalue weighted by atomic mass is 9.44. The molecule has 0 heterocycles. The lowest BCUT2D eigenvalue weighted by Crippen LogP contribution is -2.57. The molecule has 0 bridgehead atoms. The van der Waals surface area contributed by atoms with E-state index in [1.807, 2.05) is 0 Å². The van der Waals surface area contributed by atoms with Gasteiger partial charge in [0.05, 0.1) is 0 Å². The monoisotopic (exact) mass is 346 g/mol. The van der Waals surface area contributed by atoms with Crippen LogP contribution in [0.25, 0.3) is 0 Å². The molecule has 0 aromatic carbocycles. The van der Waals surface area contributed by atoms with E-state index in [1.165, 1.54) is 38.5 Å². The van der Waals surface area contributed by atoms with Gasteiger partial charge in [-0.25, -0.2) is 0 Å². The number of carbonyl (C=O) groups is 2. The molecule has 140 valence electrons. The molecule has 0 aromatic rings. The van der Waals surface area contributed by atoms with Crippen LogP contribution in [0.15, 0.2) is 0 Å². The smallest absolute Gasteiger partial charge is 0.162 e. The minimum Gasteiger partial charge on any atom is -0.389 e. The summed E-state index contributed by atoms with van der Waals surface area (Å²) in [5.41, 5.74) is -0.0305. The first-order chi connectivity index (χ1) is 11.8. The first-order valence-corrected chi connectivity index (χ1v) is 10.5. The van der Waals surface area contributed by atoms with Gasteiger partial charge in [0, 0.05) is 18.3 Å². The molecule has 0 spiro atoms. The highest BCUT2D eigenvalue weighted by atomic mass is 16.3. The maximum absolute atomic E-state index is 13.4. The van der Waals surface area contributed by atoms with Gasteiger partial charge in [-0.1, -0.05) is 33.6 Å². The Morgan fingerprint density at radius 2 is 1.92 bits per heavy atom. The highest BCUT2D eigenvalue weighted by molar-refractivity contribution is 5.88. The van der Waals surface area contributed by atoms with Crippen LogP contribution in [0.5, 0.6) is 0 Å². The van der Waals surface area contributed by atoms with Crippen LogP contribution in [0.4, 0.5) is 0 Å². The summed E-state index contributed by atoms with van der Waals surface area (Å²) < 4.78 is 0. The van der Waals surface area contributed by atoms with Crippen molar-refractivity contribution in [2.75, 3.05) is 6.61 Å². The Bertz CT molecular complexity index is 584. The normalized spacial score (nSPS) is 52.2. The molecule has 0 amide bonds. The fourth-order valence-corrected chi connectivity index (χ4v) is 8.26. The molecular formula is C22H34O3. The first kappa shape index (κ1) is 17.7. The lowest BCUT2D eigenvalue weighted by molar-refractivity contribution is -0.159. The zero-order valence-corrected chi connectivity index (χ0v) is 16.1. The van der Waals surface area contributed by atoms with E-state index in [9.17, 15) is 14.7 Å². The van der Waals surface area contributed by atoms with Crippen molar-refractivity contribution >= 4 is 11.6 Å². The Kier molecular flexibility index (Phi) is 4.18. The Balaban J connectivity index is 1.71. The van der Waals surface area contributed by atoms with E-state index in [2.05, 4.69) is 20.8 Å². The second kappa shape index (κ2) is 5.90. The molecule has 3 nitrogen and oxygen atoms in total. The lowest BCUT2D eigenvalue weighted by Gasteiger charge is -2.59. The largest absolute Gasteiger partial charge is 0.389 e. The quantitative estimate of drug-likeness (QED) is 0.821. The van der Waals surface area contributed by atoms with Crippen LogP contribution < -0.4 is 0 Å². The molecule has 4 rings (SSSR count). The van der Waals surface area contributed by atoms with Crippen molar-refractivity contribution in [1.82, 2.24) is 0 Å². The summed E-state index contributed by atoms with van der Waals surface area (Å²) in [7, 11) is 0. The number of rotatable bonds is 2. The summed E-state index contributed by atoms with van der Waals surface area (Å²) in [4.78, 5) is 25.9. The topological polar surface area (TPSA) is 54.4 Å². The predicted octanol–water partition coefficient (Wildman–Crippen LogP) is 4.02. The van der Waals surface area contributed by atoms with Gasteiger partial charge in [0.1, 0.15) is 12.4 Å². The molecule has 0 aliphatic heterocycles. The summed E-state index contributed by atoms with van der Waals surface area (Å²) in [5.74, 6) is 2.44. The zero-order valence-electron chi connectivity index (χ0n) is 16.1. The van der Waals surface area contributed by atoms with Crippen molar-refractivity contribution < 1.29 is 14.7 Å². The Hall–Kier alpha value is -0.700. The van der Waals surface area contributed by atoms with E-state index in [0.717, 1.165) is 12.3 Å². The van der Waals surface area contributed by atoms with Gasteiger partial charge in [-0.2, -0.15) is 0 Å². The van der Waals surface area contributed by atoms with Crippen LogP contribution in [-0.4, -0.2) is 23.3 Å². The molecule has 0 saturated heterocycles. The van der Waals surface area contributed by atoms with Crippen molar-refractivity contribution in [1.29, 1.82) is 0 Å². The fraction of sp³-hybridized carbons (Fsp3) is 0.909. The Morgan fingerprint density at radius 1 is 1.16 bits per heavy atom. The highest BCUT2D eigenvalue weighted by Crippen LogP contribution is 2.67. The SMILES string of the molecule is C[C@@H]1C[C@H]2[C@@H]3CCC4CCCC[C@]4(C)[C@H]3C(=O)C[C@]2(C)[C@H]1C(=O)CO. The van der Waals surface area contributed by atoms with Crippen LogP contribution in [0, 0.1) is 46.3 Å². The minimum absolute atomic E-state index is 0.0404. The van der Waals surface area contributed by atoms with Gasteiger partial charge >= 0.3 is 0 Å². The summed E-state index contributed by atoms with van der Waals surface area (Å²) in [6, 6.07) is 0. The molecule has 8 atom stereocenters. The van der Waals surface area contributed by atoms with Crippen LogP contribution in [-0.2, 0) is 9.59 Å². The molecule has 1 unspecified atom stereocenters. The standard InChI is InChI=1S/C22H34O3/c1-13-10-16-15-8-7-14-6-4-5-9-21(14,2)20(15)17(24)11-22(16,3)19(13)18(25)12-23/h13-16,19-20,23H,4-12H2,1-3H3/t13-,14?,15+,16+,19-,20-,21+,22+/m1/s1. The second-order valence-corrected chi connectivity index (χ2v) is 10.2. The number of aliphatic hydroxyl groups is 1. The Labute approximate surface area is 151 Å². The summed E-state index contributed by atoms with van der Waals surface area (Å²) in [6.07, 6.45) is 9.17. The molecular weight excluding hydrogens is 312 g/mol. The number of fused-ring (bicyclic) bond motifs is 5. The van der Waals surface area contributed by atoms with E-state index in [-0.39, 0.29) is 41.0 Å². The first-order valence-electron chi connectivity index (χ1n) is 10.5. The number of ketones is 2. The van der Waals surface area contributed by atoms with E-state index in [4.69, 9.17) is 0 Å². The third kappa shape index (κ3) is 2.33. The maximum Gasteiger partial charge on any atom is 0.162 e. The van der Waals surface area contributed by atoms with Crippen molar-refractivity contribution in [3.63, 3.8) is 0 Å². The summed E-state index contributed by atoms with van der Waals surface area (Å²) >= 11 is 0. The number of hydrogen-bond acceptors (Lipinski definition) is 3. The maximum atomic E-state index is 13.4. The van der Waals surface area contributed by atoms with Gasteiger partial charge < -0.3 is 5.11 Å². The van der Waals surface area contributed by atoms with Gasteiger partial charge in [-0.3, -0.25) is 9.59 Å². The van der Waals surface area contributed by atoms with Crippen molar-refractivity contribution in [3.05, 3.63) is 0 Å². The molecule has 4 aliphatic carbocycles. The number of carbonyl (C=O) groups excluding carboxylic acids is 2. The third-order valence-corrected chi connectivity index (χ3v) is 9.11. The average molecular weight is 347 g/mol. The third-order valence-electron chi connectivity index (χ3n) is 9.11. The van der Waals surface area contributed by atoms with Crippen molar-refractivity contribution in [2.45, 2.75) is 72.1 Å². The van der Waals surface area contributed by atoms with Crippen LogP contribution in [0.2, 0.25) is 0 Å². The molecule has 1 N–H and O–H groups in total. The van der Waals surface area contributed by atoms with E-state index in [1.54, 1.807) is 0 Å². The second-order valence-electron chi connectivity index (χ2n) is 10.2. The molecule has 3 heteroatoms. The minimum atomic E-state index is -0.376. The highest BCUT2D eigenvalue weighted by Gasteiger charge is 2.64.